The molecule has 234 valence electrons. The topological polar surface area (TPSA) is 34.6 Å². The van der Waals surface area contributed by atoms with E-state index in [1.165, 1.54) is 59.2 Å². The van der Waals surface area contributed by atoms with Gasteiger partial charge in [0.1, 0.15) is 5.69 Å². The summed E-state index contributed by atoms with van der Waals surface area (Å²) in [5, 5.41) is 9.44. The summed E-state index contributed by atoms with van der Waals surface area (Å²) < 4.78 is 4.51. The largest absolute Gasteiger partial charge is 0.220 e. The summed E-state index contributed by atoms with van der Waals surface area (Å²) in [6.45, 7) is 25.8. The normalized spacial score (nSPS) is 20.0. The average molecular weight is 592 g/mol. The zero-order chi connectivity index (χ0) is 32.1. The van der Waals surface area contributed by atoms with Crippen LogP contribution in [0.2, 0.25) is 0 Å². The fourth-order valence-electron chi connectivity index (χ4n) is 7.49. The standard InChI is InChI=1S/C40H55N4/c1-12-15-16-21-38(8,9)31-24-29(23-30(25-31)37(5,6)7)35-27-44(42-41-35)32-19-20-34-33(26-32)36-28(4)18-17-22-43(36)40(11,14-3)39(34,10)13-2/h17-20,22-27H,12-16,21H2,1-11H3/q+1. The second kappa shape index (κ2) is 11.6. The molecule has 5 rings (SSSR count). The quantitative estimate of drug-likeness (QED) is 0.143. The molecule has 0 fully saturated rings. The van der Waals surface area contributed by atoms with Crippen molar-refractivity contribution in [2.75, 3.05) is 0 Å². The van der Waals surface area contributed by atoms with Crippen molar-refractivity contribution in [1.29, 1.82) is 0 Å². The highest BCUT2D eigenvalue weighted by atomic mass is 15.4. The number of aromatic nitrogens is 4. The van der Waals surface area contributed by atoms with Gasteiger partial charge in [0.25, 0.3) is 0 Å². The predicted molar refractivity (Wildman–Crippen MR) is 185 cm³/mol. The lowest BCUT2D eigenvalue weighted by atomic mass is 9.60. The average Bonchev–Trinajstić information content (AvgIpc) is 3.49. The van der Waals surface area contributed by atoms with E-state index < -0.39 is 0 Å². The summed E-state index contributed by atoms with van der Waals surface area (Å²) in [5.74, 6) is 0. The monoisotopic (exact) mass is 591 g/mol. The van der Waals surface area contributed by atoms with Crippen LogP contribution in [0.5, 0.6) is 0 Å². The van der Waals surface area contributed by atoms with Crippen LogP contribution in [0.3, 0.4) is 0 Å². The Labute approximate surface area is 266 Å². The maximum absolute atomic E-state index is 4.75. The molecular formula is C40H55N4+. The van der Waals surface area contributed by atoms with E-state index in [0.29, 0.717) is 0 Å². The second-order valence-corrected chi connectivity index (χ2v) is 15.4. The Morgan fingerprint density at radius 2 is 1.59 bits per heavy atom. The van der Waals surface area contributed by atoms with Crippen molar-refractivity contribution in [3.05, 3.63) is 83.2 Å². The third-order valence-electron chi connectivity index (χ3n) is 11.2. The zero-order valence-corrected chi connectivity index (χ0v) is 29.3. The Morgan fingerprint density at radius 3 is 2.25 bits per heavy atom. The summed E-state index contributed by atoms with van der Waals surface area (Å²) in [6.07, 6.45) is 11.5. The van der Waals surface area contributed by atoms with Crippen molar-refractivity contribution in [2.45, 2.75) is 136 Å². The number of hydrogen-bond donors (Lipinski definition) is 0. The van der Waals surface area contributed by atoms with Crippen LogP contribution in [-0.2, 0) is 21.8 Å². The number of pyridine rings is 1. The fraction of sp³-hybridized carbons (Fsp3) is 0.525. The van der Waals surface area contributed by atoms with Gasteiger partial charge in [-0.05, 0) is 84.5 Å². The highest BCUT2D eigenvalue weighted by Crippen LogP contribution is 2.50. The molecule has 2 unspecified atom stereocenters. The first-order chi connectivity index (χ1) is 20.7. The molecular weight excluding hydrogens is 536 g/mol. The molecule has 0 spiro atoms. The predicted octanol–water partition coefficient (Wildman–Crippen LogP) is 10.2. The molecule has 2 atom stereocenters. The van der Waals surface area contributed by atoms with Crippen LogP contribution >= 0.6 is 0 Å². The van der Waals surface area contributed by atoms with Crippen LogP contribution in [0, 0.1) is 6.92 Å². The molecule has 2 aromatic heterocycles. The summed E-state index contributed by atoms with van der Waals surface area (Å²) in [5.41, 5.74) is 11.3. The van der Waals surface area contributed by atoms with Crippen molar-refractivity contribution in [1.82, 2.24) is 15.0 Å². The third kappa shape index (κ3) is 5.33. The molecule has 4 nitrogen and oxygen atoms in total. The molecule has 3 heterocycles. The van der Waals surface area contributed by atoms with Crippen LogP contribution in [-0.4, -0.2) is 15.0 Å². The van der Waals surface area contributed by atoms with E-state index >= 15 is 0 Å². The van der Waals surface area contributed by atoms with E-state index in [0.717, 1.165) is 29.8 Å². The van der Waals surface area contributed by atoms with Gasteiger partial charge in [-0.15, -0.1) is 5.10 Å². The van der Waals surface area contributed by atoms with Crippen molar-refractivity contribution in [2.24, 2.45) is 0 Å². The Balaban J connectivity index is 1.61. The van der Waals surface area contributed by atoms with E-state index in [4.69, 9.17) is 10.3 Å². The fourth-order valence-corrected chi connectivity index (χ4v) is 7.49. The maximum atomic E-state index is 4.75. The summed E-state index contributed by atoms with van der Waals surface area (Å²) in [7, 11) is 0. The summed E-state index contributed by atoms with van der Waals surface area (Å²) in [4.78, 5) is 0. The lowest BCUT2D eigenvalue weighted by Crippen LogP contribution is -2.67. The van der Waals surface area contributed by atoms with Gasteiger partial charge in [-0.25, -0.2) is 4.68 Å². The second-order valence-electron chi connectivity index (χ2n) is 15.4. The first-order valence-electron chi connectivity index (χ1n) is 17.0. The number of unbranched alkanes of at least 4 members (excludes halogenated alkanes) is 2. The van der Waals surface area contributed by atoms with Gasteiger partial charge < -0.3 is 0 Å². The molecule has 0 aliphatic carbocycles. The minimum absolute atomic E-state index is 0.00231. The maximum Gasteiger partial charge on any atom is 0.216 e. The Morgan fingerprint density at radius 1 is 0.864 bits per heavy atom. The van der Waals surface area contributed by atoms with Gasteiger partial charge in [0.2, 0.25) is 5.69 Å². The molecule has 44 heavy (non-hydrogen) atoms. The highest BCUT2D eigenvalue weighted by molar-refractivity contribution is 5.71. The highest BCUT2D eigenvalue weighted by Gasteiger charge is 2.56. The molecule has 1 aliphatic rings. The van der Waals surface area contributed by atoms with Crippen LogP contribution < -0.4 is 4.57 Å². The molecule has 0 bridgehead atoms. The van der Waals surface area contributed by atoms with Crippen LogP contribution in [0.25, 0.3) is 28.2 Å². The molecule has 0 amide bonds. The molecule has 0 saturated heterocycles. The van der Waals surface area contributed by atoms with Crippen LogP contribution in [0.4, 0.5) is 0 Å². The van der Waals surface area contributed by atoms with Crippen molar-refractivity contribution in [3.63, 3.8) is 0 Å². The van der Waals surface area contributed by atoms with Crippen molar-refractivity contribution >= 4 is 0 Å². The minimum Gasteiger partial charge on any atom is -0.220 e. The van der Waals surface area contributed by atoms with Gasteiger partial charge in [0, 0.05) is 30.5 Å². The van der Waals surface area contributed by atoms with Gasteiger partial charge >= 0.3 is 0 Å². The van der Waals surface area contributed by atoms with Gasteiger partial charge in [-0.2, -0.15) is 4.57 Å². The van der Waals surface area contributed by atoms with E-state index in [2.05, 4.69) is 142 Å². The first-order valence-corrected chi connectivity index (χ1v) is 17.0. The SMILES string of the molecule is CCCCCC(C)(C)c1cc(-c2cn(-c3ccc4c(c3)-c3c(C)ccc[n+]3C(C)(CC)C4(C)CC)nn2)cc(C(C)(C)C)c1. The van der Waals surface area contributed by atoms with Crippen LogP contribution in [0.15, 0.2) is 60.9 Å². The van der Waals surface area contributed by atoms with Crippen LogP contribution in [0.1, 0.15) is 130 Å². The zero-order valence-electron chi connectivity index (χ0n) is 29.3. The van der Waals surface area contributed by atoms with Gasteiger partial charge in [-0.1, -0.05) is 92.0 Å². The van der Waals surface area contributed by atoms with E-state index in [-0.39, 0.29) is 21.8 Å². The molecule has 2 aromatic carbocycles. The molecule has 0 saturated carbocycles. The van der Waals surface area contributed by atoms with Gasteiger partial charge in [0.15, 0.2) is 11.7 Å². The summed E-state index contributed by atoms with van der Waals surface area (Å²) >= 11 is 0. The van der Waals surface area contributed by atoms with E-state index in [9.17, 15) is 0 Å². The molecule has 1 aliphatic heterocycles. The Kier molecular flexibility index (Phi) is 8.46. The number of aryl methyl sites for hydroxylation is 1. The number of benzene rings is 2. The molecule has 0 radical (unpaired) electrons. The third-order valence-corrected chi connectivity index (χ3v) is 11.2. The lowest BCUT2D eigenvalue weighted by Gasteiger charge is -2.46. The lowest BCUT2D eigenvalue weighted by molar-refractivity contribution is -0.765. The number of nitrogens with zero attached hydrogens (tertiary/aromatic N) is 4. The minimum atomic E-state index is -0.0157. The van der Waals surface area contributed by atoms with Crippen molar-refractivity contribution < 1.29 is 4.57 Å². The Hall–Kier alpha value is -3.27. The van der Waals surface area contributed by atoms with Gasteiger partial charge in [-0.3, -0.25) is 0 Å². The smallest absolute Gasteiger partial charge is 0.216 e. The van der Waals surface area contributed by atoms with E-state index in [1.54, 1.807) is 0 Å². The van der Waals surface area contributed by atoms with Gasteiger partial charge in [0.05, 0.1) is 22.9 Å². The van der Waals surface area contributed by atoms with E-state index in [1.807, 2.05) is 4.68 Å². The first kappa shape index (κ1) is 32.1. The summed E-state index contributed by atoms with van der Waals surface area (Å²) in [6, 6.07) is 18.5. The number of fused-ring (bicyclic) bond motifs is 3. The molecule has 4 heteroatoms. The molecule has 0 N–H and O–H groups in total. The number of rotatable bonds is 9. The Bertz CT molecular complexity index is 1650. The molecule has 4 aromatic rings. The number of hydrogen-bond acceptors (Lipinski definition) is 2. The van der Waals surface area contributed by atoms with Crippen molar-refractivity contribution in [3.8, 4) is 28.2 Å².